The molecule has 0 radical (unpaired) electrons. The fraction of sp³-hybridized carbons (Fsp3) is 0.280. The van der Waals surface area contributed by atoms with E-state index in [1.54, 1.807) is 0 Å². The van der Waals surface area contributed by atoms with E-state index in [4.69, 9.17) is 0 Å². The maximum atomic E-state index is 13.1. The first kappa shape index (κ1) is 20.0. The lowest BCUT2D eigenvalue weighted by Crippen LogP contribution is -2.46. The van der Waals surface area contributed by atoms with Gasteiger partial charge in [0.25, 0.3) is 0 Å². The molecule has 30 heavy (non-hydrogen) atoms. The Labute approximate surface area is 178 Å². The number of aromatic amines is 1. The molecule has 0 bridgehead atoms. The third-order valence-corrected chi connectivity index (χ3v) is 6.13. The first-order valence-corrected chi connectivity index (χ1v) is 10.4. The Morgan fingerprint density at radius 3 is 2.40 bits per heavy atom. The number of amides is 1. The molecule has 1 unspecified atom stereocenters. The number of allylic oxidation sites excluding steroid dienone is 1. The van der Waals surface area contributed by atoms with Gasteiger partial charge in [-0.3, -0.25) is 9.78 Å². The largest absolute Gasteiger partial charge is 0.343 e. The van der Waals surface area contributed by atoms with Crippen LogP contribution in [0.5, 0.6) is 0 Å². The van der Waals surface area contributed by atoms with Crippen LogP contribution in [0.2, 0.25) is 0 Å². The number of rotatable bonds is 6. The maximum absolute atomic E-state index is 13.1. The van der Waals surface area contributed by atoms with Crippen LogP contribution in [0.3, 0.4) is 0 Å². The number of nitrogens with zero attached hydrogens (tertiary/aromatic N) is 3. The minimum atomic E-state index is -0.406. The van der Waals surface area contributed by atoms with Crippen LogP contribution in [0.25, 0.3) is 0 Å². The zero-order valence-corrected chi connectivity index (χ0v) is 17.8. The molecule has 5 nitrogen and oxygen atoms in total. The van der Waals surface area contributed by atoms with Gasteiger partial charge >= 0.3 is 0 Å². The summed E-state index contributed by atoms with van der Waals surface area (Å²) in [6.07, 6.45) is 10.9. The van der Waals surface area contributed by atoms with Crippen molar-refractivity contribution in [3.63, 3.8) is 0 Å². The zero-order chi connectivity index (χ0) is 21.1. The van der Waals surface area contributed by atoms with Crippen molar-refractivity contribution in [1.82, 2.24) is 14.8 Å². The van der Waals surface area contributed by atoms with Crippen molar-refractivity contribution in [2.45, 2.75) is 38.0 Å². The summed E-state index contributed by atoms with van der Waals surface area (Å²) in [6, 6.07) is 20.4. The monoisotopic (exact) mass is 401 g/mol. The van der Waals surface area contributed by atoms with Crippen LogP contribution in [0.15, 0.2) is 91.7 Å². The van der Waals surface area contributed by atoms with Gasteiger partial charge in [-0.15, -0.1) is 0 Å². The summed E-state index contributed by atoms with van der Waals surface area (Å²) in [6.45, 7) is 4.20. The Kier molecular flexibility index (Phi) is 5.44. The maximum Gasteiger partial charge on any atom is 0.247 e. The van der Waals surface area contributed by atoms with E-state index in [1.165, 1.54) is 11.1 Å². The highest BCUT2D eigenvalue weighted by Gasteiger charge is 2.47. The molecule has 2 aromatic carbocycles. The summed E-state index contributed by atoms with van der Waals surface area (Å²) in [5.41, 5.74) is 1.95. The van der Waals surface area contributed by atoms with Crippen molar-refractivity contribution >= 4 is 5.91 Å². The van der Waals surface area contributed by atoms with E-state index in [-0.39, 0.29) is 18.0 Å². The highest BCUT2D eigenvalue weighted by Crippen LogP contribution is 2.33. The topological polar surface area (TPSA) is 43.2 Å². The Morgan fingerprint density at radius 2 is 1.77 bits per heavy atom. The number of likely N-dealkylation sites (N-methyl/N-ethyl adjacent to an activating group) is 1. The molecule has 1 aromatic heterocycles. The van der Waals surface area contributed by atoms with Gasteiger partial charge in [-0.1, -0.05) is 60.7 Å². The molecule has 1 amide bonds. The second kappa shape index (κ2) is 8.19. The number of nitrogens with one attached hydrogen (secondary N) is 1. The van der Waals surface area contributed by atoms with Crippen molar-refractivity contribution in [2.75, 3.05) is 7.05 Å². The molecule has 2 atom stereocenters. The van der Waals surface area contributed by atoms with E-state index in [0.29, 0.717) is 6.42 Å². The number of carbonyl (C=O) groups excluding carboxylic acids is 1. The molecular weight excluding hydrogens is 372 g/mol. The lowest BCUT2D eigenvalue weighted by molar-refractivity contribution is -0.702. The predicted molar refractivity (Wildman–Crippen MR) is 117 cm³/mol. The number of imidazole rings is 1. The SMILES string of the molecule is CN1C(=O)[C@H](Cc2ccccc2)N(/C=C/C(c2ccccc2)[n+]2cc[nH]c2)C1(C)C. The van der Waals surface area contributed by atoms with Crippen LogP contribution in [0.1, 0.15) is 31.0 Å². The molecule has 1 fully saturated rings. The van der Waals surface area contributed by atoms with Gasteiger partial charge in [-0.25, -0.2) is 4.57 Å². The molecule has 1 aliphatic heterocycles. The molecule has 1 aliphatic rings. The lowest BCUT2D eigenvalue weighted by Gasteiger charge is -2.36. The van der Waals surface area contributed by atoms with Gasteiger partial charge < -0.3 is 9.80 Å². The van der Waals surface area contributed by atoms with Gasteiger partial charge in [0.1, 0.15) is 30.1 Å². The summed E-state index contributed by atoms with van der Waals surface area (Å²) in [5.74, 6) is 0.152. The fourth-order valence-electron chi connectivity index (χ4n) is 4.16. The number of hydrogen-bond donors (Lipinski definition) is 1. The Bertz CT molecular complexity index is 996. The quantitative estimate of drug-likeness (QED) is 0.642. The van der Waals surface area contributed by atoms with Crippen molar-refractivity contribution < 1.29 is 9.36 Å². The Balaban J connectivity index is 1.68. The molecule has 0 saturated carbocycles. The third kappa shape index (κ3) is 3.75. The summed E-state index contributed by atoms with van der Waals surface area (Å²) >= 11 is 0. The highest BCUT2D eigenvalue weighted by atomic mass is 16.2. The van der Waals surface area contributed by atoms with Gasteiger partial charge in [0.05, 0.1) is 0 Å². The number of benzene rings is 2. The predicted octanol–water partition coefficient (Wildman–Crippen LogP) is 3.53. The average molecular weight is 402 g/mol. The van der Waals surface area contributed by atoms with E-state index in [9.17, 15) is 4.79 Å². The van der Waals surface area contributed by atoms with Crippen molar-refractivity contribution in [2.24, 2.45) is 0 Å². The number of hydrogen-bond acceptors (Lipinski definition) is 2. The first-order chi connectivity index (χ1) is 14.5. The van der Waals surface area contributed by atoms with Crippen molar-refractivity contribution in [3.8, 4) is 0 Å². The standard InChI is InChI=1S/C25H28N4O/c1-25(2)27(3)24(30)23(18-20-10-6-4-7-11-20)29(25)16-14-22(28-17-15-26-19-28)21-12-8-5-9-13-21/h4-17,19,22-23H,18H2,1-3H3/p+1/b16-14+/t22?,23-/m0/s1. The summed E-state index contributed by atoms with van der Waals surface area (Å²) < 4.78 is 2.13. The zero-order valence-electron chi connectivity index (χ0n) is 17.8. The highest BCUT2D eigenvalue weighted by molar-refractivity contribution is 5.85. The van der Waals surface area contributed by atoms with Crippen molar-refractivity contribution in [3.05, 3.63) is 103 Å². The number of H-pyrrole nitrogens is 1. The van der Waals surface area contributed by atoms with Crippen LogP contribution in [0, 0.1) is 0 Å². The van der Waals surface area contributed by atoms with Crippen LogP contribution >= 0.6 is 0 Å². The molecule has 1 saturated heterocycles. The van der Waals surface area contributed by atoms with Gasteiger partial charge in [0.2, 0.25) is 12.2 Å². The minimum Gasteiger partial charge on any atom is -0.343 e. The van der Waals surface area contributed by atoms with E-state index in [0.717, 1.165) is 0 Å². The molecule has 0 aliphatic carbocycles. The van der Waals surface area contributed by atoms with E-state index < -0.39 is 5.66 Å². The third-order valence-electron chi connectivity index (χ3n) is 6.13. The van der Waals surface area contributed by atoms with E-state index in [1.807, 2.05) is 54.9 Å². The van der Waals surface area contributed by atoms with Crippen LogP contribution < -0.4 is 4.57 Å². The molecule has 0 spiro atoms. The molecule has 3 aromatic rings. The van der Waals surface area contributed by atoms with Gasteiger partial charge in [0, 0.05) is 25.2 Å². The van der Waals surface area contributed by atoms with Crippen molar-refractivity contribution in [1.29, 1.82) is 0 Å². The average Bonchev–Trinajstić information content (AvgIpc) is 3.34. The molecule has 4 rings (SSSR count). The first-order valence-electron chi connectivity index (χ1n) is 10.4. The van der Waals surface area contributed by atoms with Gasteiger partial charge in [-0.2, -0.15) is 0 Å². The smallest absolute Gasteiger partial charge is 0.247 e. The second-order valence-corrected chi connectivity index (χ2v) is 8.26. The summed E-state index contributed by atoms with van der Waals surface area (Å²) in [7, 11) is 1.89. The fourth-order valence-corrected chi connectivity index (χ4v) is 4.16. The normalized spacial score (nSPS) is 19.6. The van der Waals surface area contributed by atoms with Crippen LogP contribution in [-0.2, 0) is 11.2 Å². The van der Waals surface area contributed by atoms with E-state index >= 15 is 0 Å². The Hall–Kier alpha value is -3.34. The molecule has 2 heterocycles. The molecular formula is C25H29N4O+. The molecule has 5 heteroatoms. The molecule has 1 N–H and O–H groups in total. The Morgan fingerprint density at radius 1 is 1.10 bits per heavy atom. The number of aromatic nitrogens is 2. The number of carbonyl (C=O) groups is 1. The second-order valence-electron chi connectivity index (χ2n) is 8.26. The van der Waals surface area contributed by atoms with Crippen LogP contribution in [-0.4, -0.2) is 39.4 Å². The van der Waals surface area contributed by atoms with Crippen LogP contribution in [0.4, 0.5) is 0 Å². The van der Waals surface area contributed by atoms with E-state index in [2.05, 4.69) is 77.0 Å². The van der Waals surface area contributed by atoms with Gasteiger partial charge in [0.15, 0.2) is 0 Å². The molecule has 154 valence electrons. The minimum absolute atomic E-state index is 0.0339. The summed E-state index contributed by atoms with van der Waals surface area (Å²) in [4.78, 5) is 20.3. The lowest BCUT2D eigenvalue weighted by atomic mass is 10.0. The van der Waals surface area contributed by atoms with Gasteiger partial charge in [-0.05, 0) is 25.5 Å². The summed E-state index contributed by atoms with van der Waals surface area (Å²) in [5, 5.41) is 0.